The molecule has 0 radical (unpaired) electrons. The number of halogens is 10. The van der Waals surface area contributed by atoms with Crippen LogP contribution < -0.4 is 0 Å². The lowest BCUT2D eigenvalue weighted by Gasteiger charge is -2.25. The number of nitrogens with zero attached hydrogens (tertiary/aromatic N) is 1. The van der Waals surface area contributed by atoms with Crippen LogP contribution in [0.15, 0.2) is 0 Å². The second kappa shape index (κ2) is 42.4. The quantitative estimate of drug-likeness (QED) is 0.0161. The number of likely N-dealkylation sites (N-methyl/N-ethyl adjacent to an activating group) is 1. The number of ether oxygens (including phenoxy) is 2. The summed E-state index contributed by atoms with van der Waals surface area (Å²) in [6, 6.07) is 0. The summed E-state index contributed by atoms with van der Waals surface area (Å²) >= 11 is 26.5. The first-order valence-corrected chi connectivity index (χ1v) is 37.1. The topological polar surface area (TPSA) is 108 Å². The van der Waals surface area contributed by atoms with E-state index in [2.05, 4.69) is 240 Å². The Hall–Kier alpha value is 6.31. The maximum atomic E-state index is 12.9. The number of phosphoric ester groups is 1. The van der Waals surface area contributed by atoms with Crippen molar-refractivity contribution in [2.45, 2.75) is 200 Å². The van der Waals surface area contributed by atoms with Gasteiger partial charge in [0, 0.05) is 52.1 Å². The third-order valence-electron chi connectivity index (χ3n) is 10.6. The molecule has 0 bridgehead atoms. The van der Waals surface area contributed by atoms with Gasteiger partial charge in [-0.15, -0.1) is 0 Å². The van der Waals surface area contributed by atoms with Crippen molar-refractivity contribution in [3.05, 3.63) is 0 Å². The fourth-order valence-electron chi connectivity index (χ4n) is 6.42. The van der Waals surface area contributed by atoms with Crippen LogP contribution in [-0.2, 0) is 32.7 Å². The van der Waals surface area contributed by atoms with E-state index < -0.39 is 26.5 Å². The normalized spacial score (nSPS) is 18.4. The van der Waals surface area contributed by atoms with Gasteiger partial charge in [-0.3, -0.25) is 18.6 Å². The third-order valence-corrected chi connectivity index (χ3v) is 32.3. The van der Waals surface area contributed by atoms with Gasteiger partial charge in [-0.1, -0.05) is 317 Å². The number of hydrogen-bond acceptors (Lipinski definition) is 7. The second-order valence-corrected chi connectivity index (χ2v) is 35.7. The van der Waals surface area contributed by atoms with Crippen molar-refractivity contribution < 1.29 is 42.1 Å². The predicted molar refractivity (Wildman–Crippen MR) is 356 cm³/mol. The molecule has 0 aliphatic carbocycles. The third kappa shape index (κ3) is 40.6. The number of carbonyl (C=O) groups excluding carboxylic acids is 2. The average molecular weight is 2050 g/mol. The molecule has 0 saturated carbocycles. The summed E-state index contributed by atoms with van der Waals surface area (Å²) < 4.78 is 41.7. The number of alkyl halides is 10. The van der Waals surface area contributed by atoms with Gasteiger partial charge in [-0.05, 0) is 51.4 Å². The molecular formula is C44H79I10NO8P+. The Kier molecular flexibility index (Phi) is 46.6. The SMILES string of the molecule is CCCCCC(I)C(I)CC(I)C(I)CCCCCCCC(=O)OCC(COP(=O)(O)OCC[N+](C)(C)C)OC(=O)CCCCCCCCC(I)C(I)CC(I)C(I)CC(I)C(C)I. The largest absolute Gasteiger partial charge is 0.472 e. The number of rotatable bonds is 42. The van der Waals surface area contributed by atoms with Gasteiger partial charge >= 0.3 is 19.8 Å². The number of esters is 2. The highest BCUT2D eigenvalue weighted by Crippen LogP contribution is 2.43. The van der Waals surface area contributed by atoms with Gasteiger partial charge in [-0.25, -0.2) is 4.57 Å². The predicted octanol–water partition coefficient (Wildman–Crippen LogP) is 16.9. The molecule has 12 unspecified atom stereocenters. The molecule has 0 spiro atoms. The highest BCUT2D eigenvalue weighted by Gasteiger charge is 2.29. The highest BCUT2D eigenvalue weighted by molar-refractivity contribution is 14.1. The molecule has 1 N–H and O–H groups in total. The van der Waals surface area contributed by atoms with E-state index >= 15 is 0 Å². The van der Waals surface area contributed by atoms with Crippen molar-refractivity contribution in [2.75, 3.05) is 47.5 Å². The van der Waals surface area contributed by atoms with Crippen molar-refractivity contribution in [3.63, 3.8) is 0 Å². The van der Waals surface area contributed by atoms with Gasteiger partial charge < -0.3 is 18.9 Å². The molecule has 20 heteroatoms. The molecule has 0 heterocycles. The van der Waals surface area contributed by atoms with Gasteiger partial charge in [0.1, 0.15) is 19.8 Å². The van der Waals surface area contributed by atoms with Gasteiger partial charge in [0.15, 0.2) is 6.10 Å². The molecule has 9 nitrogen and oxygen atoms in total. The van der Waals surface area contributed by atoms with E-state index in [-0.39, 0.29) is 32.0 Å². The Labute approximate surface area is 526 Å². The number of phosphoric acid groups is 1. The minimum atomic E-state index is -4.40. The Bertz CT molecular complexity index is 1250. The van der Waals surface area contributed by atoms with Crippen LogP contribution in [0, 0.1) is 0 Å². The van der Waals surface area contributed by atoms with E-state index in [4.69, 9.17) is 18.5 Å². The molecule has 382 valence electrons. The zero-order chi connectivity index (χ0) is 48.7. The van der Waals surface area contributed by atoms with E-state index in [1.807, 2.05) is 21.1 Å². The molecule has 0 saturated heterocycles. The lowest BCUT2D eigenvalue weighted by Crippen LogP contribution is -2.37. The zero-order valence-electron chi connectivity index (χ0n) is 38.7. The van der Waals surface area contributed by atoms with Crippen molar-refractivity contribution in [2.24, 2.45) is 0 Å². The first-order valence-electron chi connectivity index (χ1n) is 23.2. The Morgan fingerprint density at radius 3 is 1.36 bits per heavy atom. The fraction of sp³-hybridized carbons (Fsp3) is 0.955. The summed E-state index contributed by atoms with van der Waals surface area (Å²) in [5.41, 5.74) is 0. The van der Waals surface area contributed by atoms with E-state index in [1.54, 1.807) is 0 Å². The van der Waals surface area contributed by atoms with Crippen LogP contribution in [0.2, 0.25) is 0 Å². The minimum Gasteiger partial charge on any atom is -0.462 e. The van der Waals surface area contributed by atoms with Gasteiger partial charge in [0.25, 0.3) is 0 Å². The molecular weight excluding hydrogens is 1970 g/mol. The highest BCUT2D eigenvalue weighted by atomic mass is 127. The summed E-state index contributed by atoms with van der Waals surface area (Å²) in [6.45, 7) is 4.46. The number of unbranched alkanes of at least 4 members (excludes halogenated alkanes) is 11. The van der Waals surface area contributed by atoms with E-state index in [0.29, 0.717) is 44.9 Å². The monoisotopic (exact) mass is 2050 g/mol. The molecule has 0 aromatic carbocycles. The van der Waals surface area contributed by atoms with E-state index in [9.17, 15) is 19.0 Å². The summed E-state index contributed by atoms with van der Waals surface area (Å²) in [5, 5.41) is 0. The standard InChI is InChI=1S/C44H78I10NO8P/c1-6-7-15-20-34(46)38(50)28-39(51)35(47)22-17-12-10-14-18-23-43(56)60-30-33(31-62-64(58,59)61-26-25-55(3,4)5)63-44(57)24-19-13-9-8-11-16-21-36(48)40(52)29-42(54)41(53)27-37(49)32(2)45/h32-42H,6-31H2,1-5H3/p+1. The van der Waals surface area contributed by atoms with Crippen LogP contribution in [-0.4, -0.2) is 114 Å². The minimum absolute atomic E-state index is 0.0265. The summed E-state index contributed by atoms with van der Waals surface area (Å²) in [5.74, 6) is -0.806. The van der Waals surface area contributed by atoms with Crippen molar-refractivity contribution >= 4 is 246 Å². The maximum Gasteiger partial charge on any atom is 0.472 e. The Balaban J connectivity index is 4.67. The molecule has 0 aromatic heterocycles. The van der Waals surface area contributed by atoms with Crippen LogP contribution in [0.4, 0.5) is 0 Å². The Morgan fingerprint density at radius 2 is 0.922 bits per heavy atom. The first-order chi connectivity index (χ1) is 30.0. The second-order valence-electron chi connectivity index (χ2n) is 17.9. The summed E-state index contributed by atoms with van der Waals surface area (Å²) in [7, 11) is 1.46. The average Bonchev–Trinajstić information content (AvgIpc) is 3.21. The van der Waals surface area contributed by atoms with Gasteiger partial charge in [-0.2, -0.15) is 0 Å². The zero-order valence-corrected chi connectivity index (χ0v) is 61.2. The summed E-state index contributed by atoms with van der Waals surface area (Å²) in [4.78, 5) is 35.9. The fourth-order valence-corrected chi connectivity index (χ4v) is 17.5. The molecule has 0 amide bonds. The molecule has 0 aromatic rings. The molecule has 0 aliphatic rings. The maximum absolute atomic E-state index is 12.9. The molecule has 12 atom stereocenters. The summed E-state index contributed by atoms with van der Waals surface area (Å²) in [6.07, 6.45) is 22.4. The van der Waals surface area contributed by atoms with Crippen LogP contribution in [0.1, 0.15) is 155 Å². The smallest absolute Gasteiger partial charge is 0.462 e. The van der Waals surface area contributed by atoms with Crippen LogP contribution >= 0.6 is 234 Å². The van der Waals surface area contributed by atoms with E-state index in [0.717, 1.165) is 56.7 Å². The molecule has 64 heavy (non-hydrogen) atoms. The van der Waals surface area contributed by atoms with Crippen molar-refractivity contribution in [1.82, 2.24) is 0 Å². The first kappa shape index (κ1) is 70.3. The van der Waals surface area contributed by atoms with Crippen LogP contribution in [0.3, 0.4) is 0 Å². The number of quaternary nitrogens is 1. The van der Waals surface area contributed by atoms with Crippen molar-refractivity contribution in [3.8, 4) is 0 Å². The lowest BCUT2D eigenvalue weighted by atomic mass is 10.0. The molecule has 0 rings (SSSR count). The lowest BCUT2D eigenvalue weighted by molar-refractivity contribution is -0.870. The van der Waals surface area contributed by atoms with Crippen LogP contribution in [0.5, 0.6) is 0 Å². The van der Waals surface area contributed by atoms with Crippen molar-refractivity contribution in [1.29, 1.82) is 0 Å². The van der Waals surface area contributed by atoms with Crippen LogP contribution in [0.25, 0.3) is 0 Å². The van der Waals surface area contributed by atoms with Gasteiger partial charge in [0.2, 0.25) is 0 Å². The molecule has 0 aliphatic heterocycles. The Morgan fingerprint density at radius 1 is 0.531 bits per heavy atom. The van der Waals surface area contributed by atoms with Gasteiger partial charge in [0.05, 0.1) is 27.7 Å². The molecule has 0 fully saturated rings. The number of hydrogen-bond donors (Lipinski definition) is 1. The number of carbonyl (C=O) groups is 2. The van der Waals surface area contributed by atoms with E-state index in [1.165, 1.54) is 77.0 Å².